The zero-order valence-electron chi connectivity index (χ0n) is 9.56. The maximum absolute atomic E-state index is 7.75. The topological polar surface area (TPSA) is 49.9 Å². The lowest BCUT2D eigenvalue weighted by molar-refractivity contribution is 0.335. The predicted octanol–water partition coefficient (Wildman–Crippen LogP) is 3.09. The smallest absolute Gasteiger partial charge is 0.0190 e. The Bertz CT molecular complexity index is 251. The summed E-state index contributed by atoms with van der Waals surface area (Å²) in [7, 11) is 0. The molecule has 3 N–H and O–H groups in total. The Morgan fingerprint density at radius 1 is 1.57 bits per heavy atom. The lowest BCUT2D eigenvalue weighted by Crippen LogP contribution is -2.16. The lowest BCUT2D eigenvalue weighted by atomic mass is 9.82. The van der Waals surface area contributed by atoms with E-state index in [9.17, 15) is 0 Å². The Balaban J connectivity index is 2.86. The summed E-state index contributed by atoms with van der Waals surface area (Å²) in [5.74, 6) is 0.307. The summed E-state index contributed by atoms with van der Waals surface area (Å²) in [6.45, 7) is 6.48. The van der Waals surface area contributed by atoms with Crippen LogP contribution in [0.2, 0.25) is 0 Å². The van der Waals surface area contributed by atoms with Gasteiger partial charge in [0, 0.05) is 11.6 Å². The van der Waals surface area contributed by atoms with E-state index in [-0.39, 0.29) is 0 Å². The molecule has 2 heteroatoms. The number of allylic oxidation sites excluding steroid dienone is 1. The second kappa shape index (κ2) is 4.16. The molecule has 1 aliphatic rings. The highest BCUT2D eigenvalue weighted by Crippen LogP contribution is 2.39. The van der Waals surface area contributed by atoms with E-state index in [1.807, 2.05) is 6.92 Å². The summed E-state index contributed by atoms with van der Waals surface area (Å²) in [5, 5.41) is 7.75. The van der Waals surface area contributed by atoms with Crippen LogP contribution in [-0.4, -0.2) is 5.71 Å². The first-order valence-electron chi connectivity index (χ1n) is 5.42. The van der Waals surface area contributed by atoms with Gasteiger partial charge in [-0.1, -0.05) is 20.3 Å². The van der Waals surface area contributed by atoms with Gasteiger partial charge in [-0.3, -0.25) is 0 Å². The molecule has 0 aliphatic heterocycles. The minimum atomic E-state index is 0.307. The van der Waals surface area contributed by atoms with E-state index < -0.39 is 0 Å². The first-order chi connectivity index (χ1) is 6.46. The van der Waals surface area contributed by atoms with Crippen LogP contribution >= 0.6 is 0 Å². The lowest BCUT2D eigenvalue weighted by Gasteiger charge is -2.24. The molecule has 14 heavy (non-hydrogen) atoms. The molecule has 0 bridgehead atoms. The van der Waals surface area contributed by atoms with Crippen molar-refractivity contribution in [3.05, 3.63) is 11.8 Å². The Labute approximate surface area is 87.1 Å². The maximum Gasteiger partial charge on any atom is 0.0190 e. The molecule has 80 valence electrons. The summed E-state index contributed by atoms with van der Waals surface area (Å²) in [6.07, 6.45) is 6.33. The summed E-state index contributed by atoms with van der Waals surface area (Å²) >= 11 is 0. The van der Waals surface area contributed by atoms with Crippen LogP contribution in [0.4, 0.5) is 0 Å². The zero-order valence-corrected chi connectivity index (χ0v) is 9.56. The van der Waals surface area contributed by atoms with E-state index in [2.05, 4.69) is 13.8 Å². The van der Waals surface area contributed by atoms with E-state index in [1.165, 1.54) is 18.4 Å². The van der Waals surface area contributed by atoms with Gasteiger partial charge >= 0.3 is 0 Å². The Morgan fingerprint density at radius 2 is 2.21 bits per heavy atom. The van der Waals surface area contributed by atoms with Crippen LogP contribution in [0, 0.1) is 16.7 Å². The highest BCUT2D eigenvalue weighted by atomic mass is 14.5. The number of hydrogen-bond acceptors (Lipinski definition) is 2. The molecule has 1 saturated carbocycles. The molecule has 1 fully saturated rings. The van der Waals surface area contributed by atoms with Gasteiger partial charge in [-0.25, -0.2) is 0 Å². The maximum atomic E-state index is 7.75. The average molecular weight is 194 g/mol. The van der Waals surface area contributed by atoms with Crippen molar-refractivity contribution in [3.8, 4) is 0 Å². The molecule has 1 unspecified atom stereocenters. The SMILES string of the molecule is CC(=N)C1CCCC(C)(C)C/C1=C/N. The molecule has 0 radical (unpaired) electrons. The van der Waals surface area contributed by atoms with E-state index >= 15 is 0 Å². The monoisotopic (exact) mass is 194 g/mol. The Morgan fingerprint density at radius 3 is 2.71 bits per heavy atom. The van der Waals surface area contributed by atoms with Crippen LogP contribution in [0.25, 0.3) is 0 Å². The second-order valence-electron chi connectivity index (χ2n) is 5.21. The molecule has 1 rings (SSSR count). The third-order valence-electron chi connectivity index (χ3n) is 3.21. The molecule has 1 aliphatic carbocycles. The van der Waals surface area contributed by atoms with Crippen LogP contribution in [0.5, 0.6) is 0 Å². The van der Waals surface area contributed by atoms with Crippen LogP contribution in [-0.2, 0) is 0 Å². The van der Waals surface area contributed by atoms with Crippen LogP contribution in [0.3, 0.4) is 0 Å². The molecule has 0 amide bonds. The van der Waals surface area contributed by atoms with Gasteiger partial charge in [0.1, 0.15) is 0 Å². The molecule has 0 heterocycles. The summed E-state index contributed by atoms with van der Waals surface area (Å²) in [5.41, 5.74) is 8.05. The molecule has 0 aromatic carbocycles. The highest BCUT2D eigenvalue weighted by Gasteiger charge is 2.28. The average Bonchev–Trinajstić information content (AvgIpc) is 2.22. The summed E-state index contributed by atoms with van der Waals surface area (Å²) in [6, 6.07) is 0. The normalized spacial score (nSPS) is 29.9. The number of hydrogen-bond donors (Lipinski definition) is 2. The van der Waals surface area contributed by atoms with Gasteiger partial charge in [0.25, 0.3) is 0 Å². The molecule has 1 atom stereocenters. The second-order valence-corrected chi connectivity index (χ2v) is 5.21. The fourth-order valence-corrected chi connectivity index (χ4v) is 2.40. The van der Waals surface area contributed by atoms with E-state index in [4.69, 9.17) is 11.1 Å². The molecule has 2 nitrogen and oxygen atoms in total. The summed E-state index contributed by atoms with van der Waals surface area (Å²) < 4.78 is 0. The quantitative estimate of drug-likeness (QED) is 0.489. The van der Waals surface area contributed by atoms with Crippen molar-refractivity contribution in [3.63, 3.8) is 0 Å². The van der Waals surface area contributed by atoms with Crippen molar-refractivity contribution in [1.82, 2.24) is 0 Å². The summed E-state index contributed by atoms with van der Waals surface area (Å²) in [4.78, 5) is 0. The van der Waals surface area contributed by atoms with Crippen molar-refractivity contribution >= 4 is 5.71 Å². The van der Waals surface area contributed by atoms with Crippen molar-refractivity contribution < 1.29 is 0 Å². The number of nitrogens with two attached hydrogens (primary N) is 1. The standard InChI is InChI=1S/C12H22N2/c1-9(14)11-5-4-6-12(2,3)7-10(11)8-13/h8,11,14H,4-7,13H2,1-3H3/b10-8-,14-9?. The van der Waals surface area contributed by atoms with Crippen molar-refractivity contribution in [2.45, 2.75) is 46.5 Å². The first-order valence-corrected chi connectivity index (χ1v) is 5.42. The van der Waals surface area contributed by atoms with Gasteiger partial charge in [0.15, 0.2) is 0 Å². The van der Waals surface area contributed by atoms with Gasteiger partial charge in [0.2, 0.25) is 0 Å². The molecule has 0 saturated heterocycles. The predicted molar refractivity (Wildman–Crippen MR) is 61.4 cm³/mol. The molecular formula is C12H22N2. The van der Waals surface area contributed by atoms with E-state index in [0.29, 0.717) is 11.3 Å². The van der Waals surface area contributed by atoms with Gasteiger partial charge < -0.3 is 11.1 Å². The zero-order chi connectivity index (χ0) is 10.8. The van der Waals surface area contributed by atoms with Crippen LogP contribution < -0.4 is 5.73 Å². The van der Waals surface area contributed by atoms with E-state index in [0.717, 1.165) is 18.6 Å². The van der Waals surface area contributed by atoms with Gasteiger partial charge in [-0.05, 0) is 43.4 Å². The molecular weight excluding hydrogens is 172 g/mol. The minimum Gasteiger partial charge on any atom is -0.405 e. The number of rotatable bonds is 1. The van der Waals surface area contributed by atoms with E-state index in [1.54, 1.807) is 6.20 Å². The van der Waals surface area contributed by atoms with Crippen molar-refractivity contribution in [1.29, 1.82) is 5.41 Å². The molecule has 0 aromatic rings. The Kier molecular flexibility index (Phi) is 3.35. The first kappa shape index (κ1) is 11.3. The van der Waals surface area contributed by atoms with Crippen molar-refractivity contribution in [2.75, 3.05) is 0 Å². The van der Waals surface area contributed by atoms with Crippen LogP contribution in [0.1, 0.15) is 46.5 Å². The molecule has 0 spiro atoms. The number of nitrogens with one attached hydrogen (secondary N) is 1. The van der Waals surface area contributed by atoms with Gasteiger partial charge in [-0.15, -0.1) is 0 Å². The fraction of sp³-hybridized carbons (Fsp3) is 0.750. The van der Waals surface area contributed by atoms with Crippen LogP contribution in [0.15, 0.2) is 11.8 Å². The molecule has 0 aromatic heterocycles. The van der Waals surface area contributed by atoms with Gasteiger partial charge in [0.05, 0.1) is 0 Å². The largest absolute Gasteiger partial charge is 0.405 e. The highest BCUT2D eigenvalue weighted by molar-refractivity contribution is 5.83. The Hall–Kier alpha value is -0.790. The van der Waals surface area contributed by atoms with Gasteiger partial charge in [-0.2, -0.15) is 0 Å². The third-order valence-corrected chi connectivity index (χ3v) is 3.21. The van der Waals surface area contributed by atoms with Crippen molar-refractivity contribution in [2.24, 2.45) is 17.1 Å². The fourth-order valence-electron chi connectivity index (χ4n) is 2.40. The third kappa shape index (κ3) is 2.60. The minimum absolute atomic E-state index is 0.307.